The molecule has 8 heteroatoms. The van der Waals surface area contributed by atoms with Crippen LogP contribution in [0.2, 0.25) is 0 Å². The number of ether oxygens (including phenoxy) is 1. The number of aliphatic carboxylic acids is 1. The summed E-state index contributed by atoms with van der Waals surface area (Å²) in [5.74, 6) is 0.151. The van der Waals surface area contributed by atoms with E-state index in [0.29, 0.717) is 12.2 Å². The van der Waals surface area contributed by atoms with Crippen LogP contribution < -0.4 is 4.74 Å². The van der Waals surface area contributed by atoms with Gasteiger partial charge in [0.2, 0.25) is 10.0 Å². The lowest BCUT2D eigenvalue weighted by molar-refractivity contribution is -0.142. The van der Waals surface area contributed by atoms with E-state index in [2.05, 4.69) is 0 Å². The van der Waals surface area contributed by atoms with Crippen LogP contribution in [0.1, 0.15) is 20.3 Å². The summed E-state index contributed by atoms with van der Waals surface area (Å²) in [7, 11) is -2.39. The number of carboxylic acids is 1. The predicted octanol–water partition coefficient (Wildman–Crippen LogP) is 2.05. The number of hydrogen-bond acceptors (Lipinski definition) is 5. The van der Waals surface area contributed by atoms with E-state index in [9.17, 15) is 18.3 Å². The molecule has 6 nitrogen and oxygen atoms in total. The summed E-state index contributed by atoms with van der Waals surface area (Å²) >= 11 is 1.49. The fourth-order valence-corrected chi connectivity index (χ4v) is 5.68. The highest BCUT2D eigenvalue weighted by Crippen LogP contribution is 2.37. The maximum atomic E-state index is 13.0. The zero-order chi connectivity index (χ0) is 17.3. The lowest BCUT2D eigenvalue weighted by atomic mass is 10.0. The van der Waals surface area contributed by atoms with E-state index in [1.54, 1.807) is 26.0 Å². The third kappa shape index (κ3) is 3.64. The number of carbonyl (C=O) groups is 1. The molecule has 1 aliphatic heterocycles. The van der Waals surface area contributed by atoms with Gasteiger partial charge in [0.25, 0.3) is 0 Å². The standard InChI is InChI=1S/C15H21NO5S2/c1-15(2)13(14(17)18)16(9-4-10-22-15)23(19,20)12-7-5-11(21-3)6-8-12/h5-8,13H,4,9-10H2,1-3H3,(H,17,18)/t13-/m1/s1. The second-order valence-electron chi connectivity index (χ2n) is 5.84. The molecule has 1 fully saturated rings. The average Bonchev–Trinajstić information content (AvgIpc) is 2.65. The Kier molecular flexibility index (Phi) is 5.27. The second kappa shape index (κ2) is 6.70. The van der Waals surface area contributed by atoms with E-state index in [1.807, 2.05) is 0 Å². The monoisotopic (exact) mass is 359 g/mol. The largest absolute Gasteiger partial charge is 0.497 e. The minimum absolute atomic E-state index is 0.0762. The van der Waals surface area contributed by atoms with Gasteiger partial charge in [0.15, 0.2) is 0 Å². The molecule has 0 aliphatic carbocycles. The molecule has 0 radical (unpaired) electrons. The minimum atomic E-state index is -3.89. The van der Waals surface area contributed by atoms with Crippen molar-refractivity contribution in [2.24, 2.45) is 0 Å². The molecule has 1 heterocycles. The molecule has 0 saturated carbocycles. The van der Waals surface area contributed by atoms with Gasteiger partial charge in [-0.3, -0.25) is 4.79 Å². The van der Waals surface area contributed by atoms with Gasteiger partial charge in [-0.25, -0.2) is 8.42 Å². The molecule has 1 aromatic carbocycles. The normalized spacial score (nSPS) is 22.3. The Labute approximate surface area is 140 Å². The lowest BCUT2D eigenvalue weighted by Gasteiger charge is -2.35. The number of carboxylic acid groups (broad SMARTS) is 1. The van der Waals surface area contributed by atoms with E-state index in [0.717, 1.165) is 10.1 Å². The highest BCUT2D eigenvalue weighted by atomic mass is 32.2. The first-order chi connectivity index (χ1) is 10.7. The van der Waals surface area contributed by atoms with E-state index in [1.165, 1.54) is 31.0 Å². The van der Waals surface area contributed by atoms with E-state index < -0.39 is 26.8 Å². The fourth-order valence-electron chi connectivity index (χ4n) is 2.67. The van der Waals surface area contributed by atoms with Gasteiger partial charge in [0, 0.05) is 11.3 Å². The first kappa shape index (κ1) is 18.1. The third-order valence-corrected chi connectivity index (χ3v) is 7.18. The van der Waals surface area contributed by atoms with Crippen molar-refractivity contribution >= 4 is 27.8 Å². The minimum Gasteiger partial charge on any atom is -0.497 e. The molecular formula is C15H21NO5S2. The van der Waals surface area contributed by atoms with Crippen molar-refractivity contribution in [2.45, 2.75) is 36.0 Å². The second-order valence-corrected chi connectivity index (χ2v) is 9.48. The lowest BCUT2D eigenvalue weighted by Crippen LogP contribution is -2.54. The first-order valence-electron chi connectivity index (χ1n) is 7.23. The number of rotatable bonds is 4. The summed E-state index contributed by atoms with van der Waals surface area (Å²) < 4.78 is 31.4. The maximum Gasteiger partial charge on any atom is 0.323 e. The van der Waals surface area contributed by atoms with Gasteiger partial charge in [0.05, 0.1) is 12.0 Å². The molecule has 1 saturated heterocycles. The number of hydrogen-bond donors (Lipinski definition) is 1. The Balaban J connectivity index is 2.47. The topological polar surface area (TPSA) is 83.9 Å². The molecule has 1 atom stereocenters. The third-order valence-electron chi connectivity index (χ3n) is 3.84. The molecular weight excluding hydrogens is 338 g/mol. The van der Waals surface area contributed by atoms with Crippen molar-refractivity contribution in [1.82, 2.24) is 4.31 Å². The van der Waals surface area contributed by atoms with Gasteiger partial charge < -0.3 is 9.84 Å². The molecule has 1 aromatic rings. The molecule has 0 aromatic heterocycles. The molecule has 0 bridgehead atoms. The summed E-state index contributed by atoms with van der Waals surface area (Å²) in [5, 5.41) is 9.62. The number of benzene rings is 1. The molecule has 128 valence electrons. The van der Waals surface area contributed by atoms with Gasteiger partial charge >= 0.3 is 5.97 Å². The van der Waals surface area contributed by atoms with Crippen LogP contribution in [0.3, 0.4) is 0 Å². The van der Waals surface area contributed by atoms with Gasteiger partial charge in [-0.2, -0.15) is 16.1 Å². The maximum absolute atomic E-state index is 13.0. The van der Waals surface area contributed by atoms with Gasteiger partial charge in [-0.1, -0.05) is 0 Å². The van der Waals surface area contributed by atoms with Crippen molar-refractivity contribution in [3.63, 3.8) is 0 Å². The van der Waals surface area contributed by atoms with Crippen molar-refractivity contribution < 1.29 is 23.1 Å². The molecule has 0 amide bonds. The quantitative estimate of drug-likeness (QED) is 0.886. The summed E-state index contributed by atoms with van der Waals surface area (Å²) in [4.78, 5) is 11.8. The van der Waals surface area contributed by atoms with Gasteiger partial charge in [-0.15, -0.1) is 0 Å². The molecule has 1 aliphatic rings. The highest BCUT2D eigenvalue weighted by molar-refractivity contribution is 8.00. The summed E-state index contributed by atoms with van der Waals surface area (Å²) in [5.41, 5.74) is 0. The van der Waals surface area contributed by atoms with Crippen LogP contribution in [0.5, 0.6) is 5.75 Å². The highest BCUT2D eigenvalue weighted by Gasteiger charge is 2.46. The van der Waals surface area contributed by atoms with Crippen molar-refractivity contribution in [3.05, 3.63) is 24.3 Å². The van der Waals surface area contributed by atoms with E-state index >= 15 is 0 Å². The molecule has 23 heavy (non-hydrogen) atoms. The summed E-state index contributed by atoms with van der Waals surface area (Å²) in [6.07, 6.45) is 0.618. The van der Waals surface area contributed by atoms with E-state index in [4.69, 9.17) is 4.74 Å². The zero-order valence-electron chi connectivity index (χ0n) is 13.4. The Morgan fingerprint density at radius 1 is 1.35 bits per heavy atom. The first-order valence-corrected chi connectivity index (χ1v) is 9.65. The number of nitrogens with zero attached hydrogens (tertiary/aromatic N) is 1. The smallest absolute Gasteiger partial charge is 0.323 e. The van der Waals surface area contributed by atoms with Crippen LogP contribution in [0.25, 0.3) is 0 Å². The Morgan fingerprint density at radius 3 is 2.48 bits per heavy atom. The Hall–Kier alpha value is -1.25. The van der Waals surface area contributed by atoms with Crippen molar-refractivity contribution in [1.29, 1.82) is 0 Å². The van der Waals surface area contributed by atoms with Crippen LogP contribution in [0, 0.1) is 0 Å². The van der Waals surface area contributed by atoms with Crippen LogP contribution >= 0.6 is 11.8 Å². The number of methoxy groups -OCH3 is 1. The zero-order valence-corrected chi connectivity index (χ0v) is 15.0. The van der Waals surface area contributed by atoms with Gasteiger partial charge in [-0.05, 0) is 50.3 Å². The van der Waals surface area contributed by atoms with Crippen LogP contribution in [0.15, 0.2) is 29.2 Å². The molecule has 1 N–H and O–H groups in total. The van der Waals surface area contributed by atoms with Crippen molar-refractivity contribution in [2.75, 3.05) is 19.4 Å². The summed E-state index contributed by atoms with van der Waals surface area (Å²) in [6, 6.07) is 4.89. The Bertz CT molecular complexity index is 670. The molecule has 0 spiro atoms. The Morgan fingerprint density at radius 2 is 1.96 bits per heavy atom. The van der Waals surface area contributed by atoms with E-state index in [-0.39, 0.29) is 11.4 Å². The molecule has 0 unspecified atom stereocenters. The fraction of sp³-hybridized carbons (Fsp3) is 0.533. The SMILES string of the molecule is COc1ccc(S(=O)(=O)N2CCCSC(C)(C)[C@H]2C(=O)O)cc1. The average molecular weight is 359 g/mol. The predicted molar refractivity (Wildman–Crippen MR) is 89.5 cm³/mol. The van der Waals surface area contributed by atoms with Gasteiger partial charge in [0.1, 0.15) is 11.8 Å². The van der Waals surface area contributed by atoms with Crippen LogP contribution in [-0.2, 0) is 14.8 Å². The van der Waals surface area contributed by atoms with Crippen LogP contribution in [-0.4, -0.2) is 54.0 Å². The molecule has 2 rings (SSSR count). The number of thioether (sulfide) groups is 1. The summed E-state index contributed by atoms with van der Waals surface area (Å²) in [6.45, 7) is 3.75. The van der Waals surface area contributed by atoms with Crippen molar-refractivity contribution in [3.8, 4) is 5.75 Å². The van der Waals surface area contributed by atoms with Crippen LogP contribution in [0.4, 0.5) is 0 Å². The number of sulfonamides is 1.